The topological polar surface area (TPSA) is 108 Å². The van der Waals surface area contributed by atoms with Gasteiger partial charge in [0.25, 0.3) is 0 Å². The Labute approximate surface area is 597 Å². The maximum absolute atomic E-state index is 12.8. The Hall–Kier alpha value is -9.02. The highest BCUT2D eigenvalue weighted by atomic mass is 16.3. The lowest BCUT2D eigenvalue weighted by molar-refractivity contribution is 0.445. The van der Waals surface area contributed by atoms with Crippen LogP contribution in [0.15, 0.2) is 146 Å². The van der Waals surface area contributed by atoms with Gasteiger partial charge >= 0.3 is 0 Å². The van der Waals surface area contributed by atoms with Gasteiger partial charge in [0, 0.05) is 84.3 Å². The fraction of sp³-hybridized carbons (Fsp3) is 0.400. The summed E-state index contributed by atoms with van der Waals surface area (Å²) >= 11 is 0. The smallest absolute Gasteiger partial charge is 0.149 e. The molecule has 10 nitrogen and oxygen atoms in total. The van der Waals surface area contributed by atoms with Gasteiger partial charge < -0.3 is 20.0 Å². The van der Waals surface area contributed by atoms with Gasteiger partial charge in [-0.1, -0.05) is 215 Å². The van der Waals surface area contributed by atoms with Gasteiger partial charge in [0.2, 0.25) is 0 Å². The number of para-hydroxylation sites is 2. The third-order valence-electron chi connectivity index (χ3n) is 20.0. The molecule has 0 radical (unpaired) electrons. The normalized spacial score (nSPS) is 13.1. The Kier molecular flexibility index (Phi) is 18.0. The lowest BCUT2D eigenvalue weighted by Gasteiger charge is -2.28. The average Bonchev–Trinajstić information content (AvgIpc) is 1.65. The van der Waals surface area contributed by atoms with Crippen LogP contribution in [-0.2, 0) is 43.3 Å². The number of benzene rings is 8. The Balaban J connectivity index is 1.12. The van der Waals surface area contributed by atoms with Crippen molar-refractivity contribution in [2.45, 2.75) is 209 Å². The number of hydrogen-bond acceptors (Lipinski definition) is 8. The molecule has 100 heavy (non-hydrogen) atoms. The highest BCUT2D eigenvalue weighted by Gasteiger charge is 2.33. The van der Waals surface area contributed by atoms with Gasteiger partial charge in [0.15, 0.2) is 0 Å². The number of aromatic hydroxyl groups is 2. The number of fused-ring (bicyclic) bond motifs is 2. The van der Waals surface area contributed by atoms with Crippen molar-refractivity contribution in [3.8, 4) is 90.4 Å². The van der Waals surface area contributed by atoms with Crippen LogP contribution in [0.4, 0.5) is 11.4 Å². The largest absolute Gasteiger partial charge is 0.507 e. The van der Waals surface area contributed by atoms with Crippen LogP contribution in [0.5, 0.6) is 11.5 Å². The maximum Gasteiger partial charge on any atom is 0.149 e. The van der Waals surface area contributed by atoms with Crippen LogP contribution in [0.1, 0.15) is 211 Å². The lowest BCUT2D eigenvalue weighted by Crippen LogP contribution is -2.18. The number of nitrogens with zero attached hydrogens (tertiary/aromatic N) is 8. The summed E-state index contributed by atoms with van der Waals surface area (Å²) in [7, 11) is 8.32. The molecule has 0 amide bonds. The van der Waals surface area contributed by atoms with Gasteiger partial charge in [-0.3, -0.25) is 9.13 Å². The molecular weight excluding hydrogens is 1230 g/mol. The third-order valence-corrected chi connectivity index (χ3v) is 20.0. The molecule has 0 bridgehead atoms. The Morgan fingerprint density at radius 3 is 0.900 bits per heavy atom. The Morgan fingerprint density at radius 1 is 0.310 bits per heavy atom. The summed E-state index contributed by atoms with van der Waals surface area (Å²) in [6.45, 7) is 53.7. The van der Waals surface area contributed by atoms with E-state index in [4.69, 9.17) is 19.9 Å². The second-order valence-electron chi connectivity index (χ2n) is 36.9. The first-order chi connectivity index (χ1) is 46.1. The third kappa shape index (κ3) is 14.1. The van der Waals surface area contributed by atoms with E-state index in [1.165, 1.54) is 22.3 Å². The summed E-state index contributed by atoms with van der Waals surface area (Å²) < 4.78 is 4.58. The van der Waals surface area contributed by atoms with Gasteiger partial charge in [-0.2, -0.15) is 0 Å². The van der Waals surface area contributed by atoms with Crippen molar-refractivity contribution in [1.82, 2.24) is 29.1 Å². The average molecular weight is 1340 g/mol. The van der Waals surface area contributed by atoms with Crippen LogP contribution >= 0.6 is 0 Å². The van der Waals surface area contributed by atoms with Crippen molar-refractivity contribution in [3.05, 3.63) is 190 Å². The second kappa shape index (κ2) is 24.9. The van der Waals surface area contributed by atoms with E-state index in [0.29, 0.717) is 22.8 Å². The van der Waals surface area contributed by atoms with E-state index in [9.17, 15) is 10.2 Å². The molecule has 0 spiro atoms. The maximum atomic E-state index is 12.8. The first-order valence-corrected chi connectivity index (χ1v) is 35.7. The molecule has 11 rings (SSSR count). The van der Waals surface area contributed by atoms with Crippen LogP contribution < -0.4 is 9.80 Å². The van der Waals surface area contributed by atoms with Crippen molar-refractivity contribution < 1.29 is 10.2 Å². The van der Waals surface area contributed by atoms with E-state index in [-0.39, 0.29) is 54.8 Å². The number of phenolic OH excluding ortho intramolecular Hbond substituents is 2. The number of aromatic nitrogens is 6. The fourth-order valence-electron chi connectivity index (χ4n) is 13.4. The van der Waals surface area contributed by atoms with Gasteiger partial charge in [0.1, 0.15) is 29.5 Å². The minimum atomic E-state index is -0.361. The van der Waals surface area contributed by atoms with Crippen LogP contribution in [0, 0.1) is 0 Å². The van der Waals surface area contributed by atoms with Crippen LogP contribution in [0.2, 0.25) is 0 Å². The zero-order valence-electron chi connectivity index (χ0n) is 65.3. The Bertz CT molecular complexity index is 4620. The second-order valence-corrected chi connectivity index (χ2v) is 36.9. The zero-order valence-corrected chi connectivity index (χ0v) is 65.3. The molecule has 8 aromatic carbocycles. The van der Waals surface area contributed by atoms with E-state index in [1.54, 1.807) is 6.33 Å². The van der Waals surface area contributed by atoms with Crippen LogP contribution in [0.3, 0.4) is 0 Å². The predicted molar refractivity (Wildman–Crippen MR) is 425 cm³/mol. The monoisotopic (exact) mass is 1330 g/mol. The number of phenols is 2. The van der Waals surface area contributed by atoms with E-state index in [0.717, 1.165) is 112 Å². The summed E-state index contributed by atoms with van der Waals surface area (Å²) in [5.74, 6) is 1.84. The van der Waals surface area contributed by atoms with E-state index < -0.39 is 0 Å². The summed E-state index contributed by atoms with van der Waals surface area (Å²) in [4.78, 5) is 26.0. The van der Waals surface area contributed by atoms with Crippen molar-refractivity contribution in [3.63, 3.8) is 0 Å². The van der Waals surface area contributed by atoms with E-state index in [2.05, 4.69) is 353 Å². The number of anilines is 2. The summed E-state index contributed by atoms with van der Waals surface area (Å²) in [5.41, 5.74) is 23.2. The molecule has 0 atom stereocenters. The first kappa shape index (κ1) is 72.2. The summed E-state index contributed by atoms with van der Waals surface area (Å²) in [6, 6.07) is 51.1. The fourth-order valence-corrected chi connectivity index (χ4v) is 13.4. The lowest BCUT2D eigenvalue weighted by atomic mass is 9.78. The molecule has 2 N–H and O–H groups in total. The molecule has 0 aliphatic heterocycles. The van der Waals surface area contributed by atoms with E-state index in [1.807, 2.05) is 0 Å². The van der Waals surface area contributed by atoms with Crippen molar-refractivity contribution in [1.29, 1.82) is 0 Å². The molecule has 0 saturated carbocycles. The number of hydrogen-bond donors (Lipinski definition) is 2. The number of rotatable bonds is 10. The molecular formula is C90H110N8O2. The van der Waals surface area contributed by atoms with Gasteiger partial charge in [-0.15, -0.1) is 0 Å². The summed E-state index contributed by atoms with van der Waals surface area (Å²) in [5, 5.41) is 25.5. The molecule has 11 aromatic rings. The minimum Gasteiger partial charge on any atom is -0.507 e. The molecule has 0 saturated heterocycles. The van der Waals surface area contributed by atoms with Gasteiger partial charge in [-0.25, -0.2) is 19.9 Å². The van der Waals surface area contributed by atoms with Gasteiger partial charge in [-0.05, 0) is 179 Å². The molecule has 3 aromatic heterocycles. The SMILES string of the molecule is CN(C)c1cc(-c2cc(-c3cc(-c4cccc5c4nc(-c4cc(C(C)(C)C)cc(C(C)(C)C)c4O)n5-c4cc(C(C)(C)C)cc(C(C)(C)C)c4)cc(N(C)C)c3)ncn2)cc(-c2cccc3c2nc(-c2cc(C(C)(C)C)cc(C(C)(C)C)c2O)n3-c2cc(C(C)(C)C)cc(C(C)(C)C)c2)c1. The highest BCUT2D eigenvalue weighted by Crippen LogP contribution is 2.49. The minimum absolute atomic E-state index is 0.155. The molecule has 522 valence electrons. The predicted octanol–water partition coefficient (Wildman–Crippen LogP) is 23.1. The highest BCUT2D eigenvalue weighted by molar-refractivity contribution is 5.99. The zero-order chi connectivity index (χ0) is 73.4. The molecule has 0 aliphatic rings. The van der Waals surface area contributed by atoms with Crippen molar-refractivity contribution in [2.24, 2.45) is 0 Å². The molecule has 0 aliphatic carbocycles. The molecule has 3 heterocycles. The standard InChI is InChI=1S/C90H110N8O2/c1-83(2,3)57-41-58(84(4,5)6)44-65(43-57)97-75-33-29-31-67(77(75)93-81(97)69-47-61(87(13,14)15)49-71(79(69)99)89(19,20)21)53-35-55(39-63(37-53)95(25)26)73-51-74(92-52-91-73)56-36-54(38-64(40-56)96(27)28)68-32-30-34-76-78(68)94-82(70-48-62(88(16,17)18)50-72(80(70)100)90(22,23)24)98(76)66-45-59(85(7,8)9)42-60(46-66)86(10,11)12/h29-52,99-100H,1-28H3. The Morgan fingerprint density at radius 2 is 0.610 bits per heavy atom. The van der Waals surface area contributed by atoms with Crippen LogP contribution in [-0.4, -0.2) is 67.5 Å². The first-order valence-electron chi connectivity index (χ1n) is 35.7. The van der Waals surface area contributed by atoms with Crippen molar-refractivity contribution in [2.75, 3.05) is 38.0 Å². The number of imidazole rings is 2. The van der Waals surface area contributed by atoms with E-state index >= 15 is 0 Å². The molecule has 0 unspecified atom stereocenters. The quantitative estimate of drug-likeness (QED) is 0.139. The van der Waals surface area contributed by atoms with Gasteiger partial charge in [0.05, 0.1) is 44.6 Å². The molecule has 10 heteroatoms. The van der Waals surface area contributed by atoms with Crippen molar-refractivity contribution >= 4 is 33.4 Å². The van der Waals surface area contributed by atoms with Crippen LogP contribution in [0.25, 0.3) is 101 Å². The summed E-state index contributed by atoms with van der Waals surface area (Å²) in [6.07, 6.45) is 1.68. The molecule has 0 fully saturated rings.